The second-order valence-corrected chi connectivity index (χ2v) is 5.40. The Morgan fingerprint density at radius 3 is 2.32 bits per heavy atom. The predicted molar refractivity (Wildman–Crippen MR) is 75.8 cm³/mol. The van der Waals surface area contributed by atoms with Crippen molar-refractivity contribution in [3.05, 3.63) is 35.9 Å². The van der Waals surface area contributed by atoms with Gasteiger partial charge in [0.1, 0.15) is 6.04 Å². The number of likely N-dealkylation sites (tertiary alicyclic amines) is 1. The Morgan fingerprint density at radius 1 is 1.11 bits per heavy atom. The quantitative estimate of drug-likeness (QED) is 0.780. The Bertz CT molecular complexity index is 396. The third-order valence-corrected chi connectivity index (χ3v) is 3.45. The zero-order chi connectivity index (χ0) is 13.7. The molecule has 0 N–H and O–H groups in total. The molecule has 0 radical (unpaired) electrons. The van der Waals surface area contributed by atoms with Crippen LogP contribution in [-0.4, -0.2) is 30.1 Å². The van der Waals surface area contributed by atoms with Crippen molar-refractivity contribution in [1.29, 1.82) is 0 Å². The van der Waals surface area contributed by atoms with Gasteiger partial charge in [-0.3, -0.25) is 4.90 Å². The van der Waals surface area contributed by atoms with Crippen molar-refractivity contribution in [3.8, 4) is 0 Å². The van der Waals surface area contributed by atoms with Crippen LogP contribution in [-0.2, 0) is 9.53 Å². The molecule has 0 aromatic heterocycles. The van der Waals surface area contributed by atoms with Crippen LogP contribution in [0.5, 0.6) is 0 Å². The lowest BCUT2D eigenvalue weighted by atomic mass is 10.0. The summed E-state index contributed by atoms with van der Waals surface area (Å²) >= 11 is 0. The standard InChI is InChI=1S/C16H23NO2/c1-13(2)19-16(18)15(14-9-5-3-6-10-14)17-11-7-4-8-12-17/h3,5-6,9-10,13,15H,4,7-8,11-12H2,1-2H3/t15-/m1/s1. The van der Waals surface area contributed by atoms with Gasteiger partial charge in [-0.15, -0.1) is 0 Å². The molecule has 1 fully saturated rings. The first-order chi connectivity index (χ1) is 9.18. The van der Waals surface area contributed by atoms with Gasteiger partial charge < -0.3 is 4.74 Å². The topological polar surface area (TPSA) is 29.5 Å². The van der Waals surface area contributed by atoms with E-state index in [0.29, 0.717) is 0 Å². The molecule has 0 unspecified atom stereocenters. The van der Waals surface area contributed by atoms with E-state index >= 15 is 0 Å². The summed E-state index contributed by atoms with van der Waals surface area (Å²) in [6, 6.07) is 9.72. The first kappa shape index (κ1) is 14.1. The van der Waals surface area contributed by atoms with Crippen LogP contribution in [0.4, 0.5) is 0 Å². The molecule has 0 aliphatic carbocycles. The lowest BCUT2D eigenvalue weighted by Gasteiger charge is -2.33. The summed E-state index contributed by atoms with van der Waals surface area (Å²) in [5.74, 6) is -0.122. The Hall–Kier alpha value is -1.35. The molecule has 2 rings (SSSR count). The summed E-state index contributed by atoms with van der Waals surface area (Å²) in [7, 11) is 0. The molecule has 19 heavy (non-hydrogen) atoms. The second kappa shape index (κ2) is 6.71. The smallest absolute Gasteiger partial charge is 0.328 e. The van der Waals surface area contributed by atoms with E-state index in [0.717, 1.165) is 31.5 Å². The van der Waals surface area contributed by atoms with Crippen LogP contribution in [0.1, 0.15) is 44.7 Å². The highest BCUT2D eigenvalue weighted by Crippen LogP contribution is 2.26. The van der Waals surface area contributed by atoms with Crippen LogP contribution in [0.3, 0.4) is 0 Å². The van der Waals surface area contributed by atoms with Crippen molar-refractivity contribution in [2.75, 3.05) is 13.1 Å². The van der Waals surface area contributed by atoms with E-state index in [1.807, 2.05) is 44.2 Å². The van der Waals surface area contributed by atoms with E-state index in [4.69, 9.17) is 4.74 Å². The van der Waals surface area contributed by atoms with Crippen molar-refractivity contribution in [2.45, 2.75) is 45.3 Å². The fraction of sp³-hybridized carbons (Fsp3) is 0.562. The minimum atomic E-state index is -0.246. The number of carbonyl (C=O) groups excluding carboxylic acids is 1. The fourth-order valence-corrected chi connectivity index (χ4v) is 2.60. The van der Waals surface area contributed by atoms with Crippen molar-refractivity contribution >= 4 is 5.97 Å². The molecule has 1 aliphatic rings. The maximum absolute atomic E-state index is 12.4. The highest BCUT2D eigenvalue weighted by Gasteiger charge is 2.30. The average molecular weight is 261 g/mol. The Kier molecular flexibility index (Phi) is 4.97. The van der Waals surface area contributed by atoms with Gasteiger partial charge in [0.15, 0.2) is 0 Å². The van der Waals surface area contributed by atoms with Gasteiger partial charge in [-0.05, 0) is 45.3 Å². The van der Waals surface area contributed by atoms with Crippen molar-refractivity contribution < 1.29 is 9.53 Å². The largest absolute Gasteiger partial charge is 0.462 e. The number of carbonyl (C=O) groups is 1. The maximum Gasteiger partial charge on any atom is 0.328 e. The predicted octanol–water partition coefficient (Wildman–Crippen LogP) is 3.17. The molecule has 1 saturated heterocycles. The summed E-state index contributed by atoms with van der Waals surface area (Å²) in [5, 5.41) is 0. The second-order valence-electron chi connectivity index (χ2n) is 5.40. The summed E-state index contributed by atoms with van der Waals surface area (Å²) < 4.78 is 5.44. The molecule has 0 bridgehead atoms. The van der Waals surface area contributed by atoms with Crippen LogP contribution < -0.4 is 0 Å². The third kappa shape index (κ3) is 3.80. The van der Waals surface area contributed by atoms with Gasteiger partial charge in [-0.25, -0.2) is 4.79 Å². The van der Waals surface area contributed by atoms with Gasteiger partial charge in [-0.1, -0.05) is 36.8 Å². The van der Waals surface area contributed by atoms with Gasteiger partial charge in [0.05, 0.1) is 6.10 Å². The van der Waals surface area contributed by atoms with E-state index in [9.17, 15) is 4.79 Å². The number of ether oxygens (including phenoxy) is 1. The Balaban J connectivity index is 2.19. The maximum atomic E-state index is 12.4. The molecule has 1 aromatic carbocycles. The molecule has 3 heteroatoms. The molecule has 0 saturated carbocycles. The van der Waals surface area contributed by atoms with Crippen molar-refractivity contribution in [2.24, 2.45) is 0 Å². The van der Waals surface area contributed by atoms with E-state index in [2.05, 4.69) is 4.90 Å². The summed E-state index contributed by atoms with van der Waals surface area (Å²) in [5.41, 5.74) is 1.04. The minimum absolute atomic E-state index is 0.0662. The number of benzene rings is 1. The molecule has 0 spiro atoms. The molecule has 1 heterocycles. The van der Waals surface area contributed by atoms with Gasteiger partial charge in [0.25, 0.3) is 0 Å². The van der Waals surface area contributed by atoms with Gasteiger partial charge in [-0.2, -0.15) is 0 Å². The number of nitrogens with zero attached hydrogens (tertiary/aromatic N) is 1. The number of piperidine rings is 1. The van der Waals surface area contributed by atoms with Gasteiger partial charge in [0.2, 0.25) is 0 Å². The Morgan fingerprint density at radius 2 is 1.74 bits per heavy atom. The van der Waals surface area contributed by atoms with Crippen LogP contribution in [0, 0.1) is 0 Å². The number of hydrogen-bond acceptors (Lipinski definition) is 3. The van der Waals surface area contributed by atoms with Crippen molar-refractivity contribution in [3.63, 3.8) is 0 Å². The lowest BCUT2D eigenvalue weighted by molar-refractivity contribution is -0.154. The van der Waals surface area contributed by atoms with E-state index in [1.165, 1.54) is 6.42 Å². The van der Waals surface area contributed by atoms with Gasteiger partial charge in [0, 0.05) is 0 Å². The first-order valence-electron chi connectivity index (χ1n) is 7.18. The minimum Gasteiger partial charge on any atom is -0.462 e. The van der Waals surface area contributed by atoms with Crippen molar-refractivity contribution in [1.82, 2.24) is 4.90 Å². The molecular weight excluding hydrogens is 238 g/mol. The highest BCUT2D eigenvalue weighted by atomic mass is 16.5. The molecule has 0 amide bonds. The zero-order valence-corrected chi connectivity index (χ0v) is 11.8. The summed E-state index contributed by atoms with van der Waals surface area (Å²) in [4.78, 5) is 14.6. The van der Waals surface area contributed by atoms with Crippen LogP contribution >= 0.6 is 0 Å². The summed E-state index contributed by atoms with van der Waals surface area (Å²) in [6.45, 7) is 5.76. The van der Waals surface area contributed by atoms with Gasteiger partial charge >= 0.3 is 5.97 Å². The van der Waals surface area contributed by atoms with E-state index in [-0.39, 0.29) is 18.1 Å². The molecule has 1 atom stereocenters. The number of hydrogen-bond donors (Lipinski definition) is 0. The van der Waals surface area contributed by atoms with Crippen LogP contribution in [0.25, 0.3) is 0 Å². The van der Waals surface area contributed by atoms with E-state index in [1.54, 1.807) is 0 Å². The molecule has 3 nitrogen and oxygen atoms in total. The first-order valence-corrected chi connectivity index (χ1v) is 7.18. The third-order valence-electron chi connectivity index (χ3n) is 3.45. The highest BCUT2D eigenvalue weighted by molar-refractivity contribution is 5.77. The number of esters is 1. The zero-order valence-electron chi connectivity index (χ0n) is 11.8. The fourth-order valence-electron chi connectivity index (χ4n) is 2.60. The number of rotatable bonds is 4. The molecule has 1 aliphatic heterocycles. The molecule has 1 aromatic rings. The average Bonchev–Trinajstić information content (AvgIpc) is 2.40. The SMILES string of the molecule is CC(C)OC(=O)[C@@H](c1ccccc1)N1CCCCC1. The molecule has 104 valence electrons. The summed E-state index contributed by atoms with van der Waals surface area (Å²) in [6.07, 6.45) is 3.52. The van der Waals surface area contributed by atoms with Crippen LogP contribution in [0.2, 0.25) is 0 Å². The Labute approximate surface area is 115 Å². The van der Waals surface area contributed by atoms with E-state index < -0.39 is 0 Å². The van der Waals surface area contributed by atoms with Crippen LogP contribution in [0.15, 0.2) is 30.3 Å². The monoisotopic (exact) mass is 261 g/mol. The molecular formula is C16H23NO2. The normalized spacial score (nSPS) is 18.3. The lowest BCUT2D eigenvalue weighted by Crippen LogP contribution is -2.39.